The van der Waals surface area contributed by atoms with Crippen molar-refractivity contribution in [1.29, 1.82) is 0 Å². The number of carboxylic acid groups (broad SMARTS) is 1. The Labute approximate surface area is 188 Å². The van der Waals surface area contributed by atoms with E-state index in [4.69, 9.17) is 5.11 Å². The van der Waals surface area contributed by atoms with E-state index in [-0.39, 0.29) is 11.3 Å². The summed E-state index contributed by atoms with van der Waals surface area (Å²) >= 11 is 0. The minimum Gasteiger partial charge on any atom is -0.487 e. The number of carboxylic acids is 1. The van der Waals surface area contributed by atoms with E-state index in [0.29, 0.717) is 6.54 Å². The normalized spacial score (nSPS) is 16.4. The molecule has 0 radical (unpaired) electrons. The standard InChI is InChI=1S/C23H25F5N2O3/c24-22(25,23(26,27)28)16-33-20-8-4-18(5-9-20)15-30-11-1-10-29(12-13-30)14-17-2-6-19(7-3-17)21(31)32/h2-9H,1,10-16H2,(H,31,32). The van der Waals surface area contributed by atoms with Gasteiger partial charge in [0.2, 0.25) is 0 Å². The van der Waals surface area contributed by atoms with Crippen LogP contribution in [-0.2, 0) is 13.1 Å². The van der Waals surface area contributed by atoms with Gasteiger partial charge in [-0.25, -0.2) is 4.79 Å². The maximum Gasteiger partial charge on any atom is 0.456 e. The first-order chi connectivity index (χ1) is 15.5. The lowest BCUT2D eigenvalue weighted by molar-refractivity contribution is -0.290. The van der Waals surface area contributed by atoms with Gasteiger partial charge in [-0.05, 0) is 54.9 Å². The SMILES string of the molecule is O=C(O)c1ccc(CN2CCCN(Cc3ccc(OCC(F)(F)C(F)(F)F)cc3)CC2)cc1. The van der Waals surface area contributed by atoms with Gasteiger partial charge < -0.3 is 9.84 Å². The molecule has 0 saturated carbocycles. The molecule has 0 aliphatic carbocycles. The minimum absolute atomic E-state index is 0.0429. The third-order valence-electron chi connectivity index (χ3n) is 5.45. The van der Waals surface area contributed by atoms with Crippen LogP contribution in [0.3, 0.4) is 0 Å². The molecule has 0 bridgehead atoms. The Hall–Kier alpha value is -2.72. The zero-order valence-corrected chi connectivity index (χ0v) is 17.8. The van der Waals surface area contributed by atoms with Crippen LogP contribution in [0, 0.1) is 0 Å². The number of ether oxygens (including phenoxy) is 1. The van der Waals surface area contributed by atoms with Crippen LogP contribution in [-0.4, -0.2) is 65.8 Å². The zero-order valence-electron chi connectivity index (χ0n) is 17.8. The highest BCUT2D eigenvalue weighted by Gasteiger charge is 2.58. The van der Waals surface area contributed by atoms with Gasteiger partial charge in [0.15, 0.2) is 6.61 Å². The third-order valence-corrected chi connectivity index (χ3v) is 5.45. The molecule has 1 aliphatic rings. The van der Waals surface area contributed by atoms with Crippen molar-refractivity contribution in [1.82, 2.24) is 9.80 Å². The summed E-state index contributed by atoms with van der Waals surface area (Å²) in [7, 11) is 0. The van der Waals surface area contributed by atoms with Gasteiger partial charge in [-0.3, -0.25) is 9.80 Å². The van der Waals surface area contributed by atoms with Crippen LogP contribution in [0.5, 0.6) is 5.75 Å². The van der Waals surface area contributed by atoms with Gasteiger partial charge in [0.1, 0.15) is 5.75 Å². The Morgan fingerprint density at radius 3 is 1.76 bits per heavy atom. The molecule has 0 amide bonds. The number of carbonyl (C=O) groups is 1. The van der Waals surface area contributed by atoms with Crippen LogP contribution in [0.1, 0.15) is 27.9 Å². The number of rotatable bonds is 8. The molecule has 0 atom stereocenters. The molecular weight excluding hydrogens is 447 g/mol. The Bertz CT molecular complexity index is 917. The van der Waals surface area contributed by atoms with E-state index in [1.165, 1.54) is 12.1 Å². The van der Waals surface area contributed by atoms with Crippen molar-refractivity contribution in [3.8, 4) is 5.75 Å². The van der Waals surface area contributed by atoms with Crippen molar-refractivity contribution >= 4 is 5.97 Å². The summed E-state index contributed by atoms with van der Waals surface area (Å²) in [6, 6.07) is 12.9. The Morgan fingerprint density at radius 2 is 1.30 bits per heavy atom. The van der Waals surface area contributed by atoms with Gasteiger partial charge in [-0.2, -0.15) is 22.0 Å². The first kappa shape index (κ1) is 24.9. The highest BCUT2D eigenvalue weighted by Crippen LogP contribution is 2.35. The second-order valence-electron chi connectivity index (χ2n) is 8.04. The number of hydrogen-bond donors (Lipinski definition) is 1. The van der Waals surface area contributed by atoms with Crippen molar-refractivity contribution in [2.24, 2.45) is 0 Å². The first-order valence-electron chi connectivity index (χ1n) is 10.5. The van der Waals surface area contributed by atoms with Gasteiger partial charge in [0, 0.05) is 26.2 Å². The number of benzene rings is 2. The summed E-state index contributed by atoms with van der Waals surface area (Å²) in [6.07, 6.45) is -4.70. The highest BCUT2D eigenvalue weighted by atomic mass is 19.4. The van der Waals surface area contributed by atoms with E-state index in [1.54, 1.807) is 24.3 Å². The predicted molar refractivity (Wildman–Crippen MR) is 112 cm³/mol. The summed E-state index contributed by atoms with van der Waals surface area (Å²) in [5.74, 6) is -5.90. The van der Waals surface area contributed by atoms with Crippen LogP contribution in [0.2, 0.25) is 0 Å². The number of hydrogen-bond acceptors (Lipinski definition) is 4. The molecule has 3 rings (SSSR count). The van der Waals surface area contributed by atoms with E-state index in [2.05, 4.69) is 14.5 Å². The average molecular weight is 472 g/mol. The molecule has 0 spiro atoms. The monoisotopic (exact) mass is 472 g/mol. The maximum atomic E-state index is 13.0. The number of alkyl halides is 5. The van der Waals surface area contributed by atoms with Crippen LogP contribution in [0.15, 0.2) is 48.5 Å². The summed E-state index contributed by atoms with van der Waals surface area (Å²) in [4.78, 5) is 15.5. The van der Waals surface area contributed by atoms with Crippen molar-refractivity contribution in [3.05, 3.63) is 65.2 Å². The molecule has 1 fully saturated rings. The number of halogens is 5. The van der Waals surface area contributed by atoms with E-state index < -0.39 is 24.7 Å². The van der Waals surface area contributed by atoms with Crippen molar-refractivity contribution in [2.75, 3.05) is 32.8 Å². The van der Waals surface area contributed by atoms with Gasteiger partial charge in [-0.1, -0.05) is 24.3 Å². The summed E-state index contributed by atoms with van der Waals surface area (Å²) in [6.45, 7) is 3.00. The lowest BCUT2D eigenvalue weighted by Gasteiger charge is -2.22. The fourth-order valence-electron chi connectivity index (χ4n) is 3.56. The van der Waals surface area contributed by atoms with Crippen LogP contribution >= 0.6 is 0 Å². The summed E-state index contributed by atoms with van der Waals surface area (Å²) < 4.78 is 67.3. The summed E-state index contributed by atoms with van der Waals surface area (Å²) in [5, 5.41) is 8.99. The fraction of sp³-hybridized carbons (Fsp3) is 0.435. The second-order valence-corrected chi connectivity index (χ2v) is 8.04. The summed E-state index contributed by atoms with van der Waals surface area (Å²) in [5.41, 5.74) is 2.20. The lowest BCUT2D eigenvalue weighted by atomic mass is 10.1. The Balaban J connectivity index is 1.47. The van der Waals surface area contributed by atoms with Crippen molar-refractivity contribution < 1.29 is 36.6 Å². The molecule has 1 heterocycles. The Kier molecular flexibility index (Phi) is 7.91. The molecular formula is C23H25F5N2O3. The third kappa shape index (κ3) is 7.13. The van der Waals surface area contributed by atoms with Gasteiger partial charge in [-0.15, -0.1) is 0 Å². The lowest BCUT2D eigenvalue weighted by Crippen LogP contribution is -2.41. The average Bonchev–Trinajstić information content (AvgIpc) is 2.98. The van der Waals surface area contributed by atoms with E-state index >= 15 is 0 Å². The second kappa shape index (κ2) is 10.5. The molecule has 180 valence electrons. The van der Waals surface area contributed by atoms with Gasteiger partial charge >= 0.3 is 18.1 Å². The van der Waals surface area contributed by atoms with E-state index in [1.807, 2.05) is 12.1 Å². The molecule has 0 unspecified atom stereocenters. The maximum absolute atomic E-state index is 13.0. The highest BCUT2D eigenvalue weighted by molar-refractivity contribution is 5.87. The van der Waals surface area contributed by atoms with Gasteiger partial charge in [0.25, 0.3) is 0 Å². The predicted octanol–water partition coefficient (Wildman–Crippen LogP) is 4.67. The minimum atomic E-state index is -5.64. The molecule has 1 saturated heterocycles. The molecule has 1 aliphatic heterocycles. The smallest absolute Gasteiger partial charge is 0.456 e. The molecule has 1 N–H and O–H groups in total. The Morgan fingerprint density at radius 1 is 0.818 bits per heavy atom. The molecule has 10 heteroatoms. The largest absolute Gasteiger partial charge is 0.487 e. The first-order valence-corrected chi connectivity index (χ1v) is 10.5. The molecule has 33 heavy (non-hydrogen) atoms. The molecule has 2 aromatic rings. The van der Waals surface area contributed by atoms with E-state index in [0.717, 1.165) is 50.3 Å². The topological polar surface area (TPSA) is 53.0 Å². The molecule has 0 aromatic heterocycles. The number of aromatic carboxylic acids is 1. The fourth-order valence-corrected chi connectivity index (χ4v) is 3.56. The quantitative estimate of drug-likeness (QED) is 0.566. The number of nitrogens with zero attached hydrogens (tertiary/aromatic N) is 2. The van der Waals surface area contributed by atoms with Crippen LogP contribution in [0.4, 0.5) is 22.0 Å². The van der Waals surface area contributed by atoms with Crippen molar-refractivity contribution in [2.45, 2.75) is 31.6 Å². The van der Waals surface area contributed by atoms with E-state index in [9.17, 15) is 26.7 Å². The molecule has 5 nitrogen and oxygen atoms in total. The van der Waals surface area contributed by atoms with Crippen molar-refractivity contribution in [3.63, 3.8) is 0 Å². The van der Waals surface area contributed by atoms with Crippen LogP contribution < -0.4 is 4.74 Å². The van der Waals surface area contributed by atoms with Gasteiger partial charge in [0.05, 0.1) is 5.56 Å². The molecule has 2 aromatic carbocycles. The van der Waals surface area contributed by atoms with Crippen LogP contribution in [0.25, 0.3) is 0 Å². The zero-order chi connectivity index (χ0) is 24.1.